The highest BCUT2D eigenvalue weighted by molar-refractivity contribution is 5.90. The fourth-order valence-corrected chi connectivity index (χ4v) is 3.16. The Labute approximate surface area is 159 Å². The van der Waals surface area contributed by atoms with Crippen molar-refractivity contribution < 1.29 is 18.7 Å². The van der Waals surface area contributed by atoms with Crippen LogP contribution in [0, 0.1) is 5.82 Å². The summed E-state index contributed by atoms with van der Waals surface area (Å²) in [7, 11) is 0. The predicted octanol–water partition coefficient (Wildman–Crippen LogP) is 5.20. The molecule has 1 aromatic carbocycles. The van der Waals surface area contributed by atoms with Gasteiger partial charge in [0.25, 0.3) is 0 Å². The molecule has 0 fully saturated rings. The number of esters is 1. The standard InChI is InChI=1S/C22H24FNO3/c1-6-26-21(25)19-12-17(15-8-7-14(13(2)3)11-18(15)23)16-9-10-22(4,5)27-20(16)24-19/h7-8,11-12H,2,6,9-10H2,1,3-5H3. The molecule has 0 unspecified atom stereocenters. The molecule has 0 spiro atoms. The minimum absolute atomic E-state index is 0.117. The molecule has 0 N–H and O–H groups in total. The first kappa shape index (κ1) is 19.1. The van der Waals surface area contributed by atoms with Crippen LogP contribution in [-0.2, 0) is 11.2 Å². The molecule has 0 amide bonds. The summed E-state index contributed by atoms with van der Waals surface area (Å²) in [5, 5.41) is 0. The lowest BCUT2D eigenvalue weighted by Crippen LogP contribution is -2.33. The van der Waals surface area contributed by atoms with E-state index in [1.807, 2.05) is 26.8 Å². The van der Waals surface area contributed by atoms with Crippen LogP contribution in [0.15, 0.2) is 30.8 Å². The Balaban J connectivity index is 2.18. The molecule has 1 aliphatic heterocycles. The number of ether oxygens (including phenoxy) is 2. The number of allylic oxidation sites excluding steroid dienone is 1. The summed E-state index contributed by atoms with van der Waals surface area (Å²) in [6.45, 7) is 11.6. The van der Waals surface area contributed by atoms with E-state index in [1.165, 1.54) is 6.07 Å². The quantitative estimate of drug-likeness (QED) is 0.695. The van der Waals surface area contributed by atoms with E-state index in [0.717, 1.165) is 23.1 Å². The molecule has 142 valence electrons. The van der Waals surface area contributed by atoms with E-state index in [4.69, 9.17) is 9.47 Å². The second-order valence-corrected chi connectivity index (χ2v) is 7.40. The maximum absolute atomic E-state index is 14.9. The Morgan fingerprint density at radius 1 is 1.33 bits per heavy atom. The Bertz CT molecular complexity index is 918. The van der Waals surface area contributed by atoms with Crippen molar-refractivity contribution in [1.29, 1.82) is 0 Å². The third kappa shape index (κ3) is 3.87. The SMILES string of the molecule is C=C(C)c1ccc(-c2cc(C(=O)OCC)nc3c2CCC(C)(C)O3)c(F)c1. The number of carbonyl (C=O) groups is 1. The normalized spacial score (nSPS) is 14.9. The van der Waals surface area contributed by atoms with Gasteiger partial charge in [0.2, 0.25) is 5.88 Å². The number of rotatable bonds is 4. The molecule has 3 rings (SSSR count). The maximum atomic E-state index is 14.9. The fourth-order valence-electron chi connectivity index (χ4n) is 3.16. The van der Waals surface area contributed by atoms with Crippen LogP contribution in [0.25, 0.3) is 16.7 Å². The number of carbonyl (C=O) groups excluding carboxylic acids is 1. The van der Waals surface area contributed by atoms with Crippen LogP contribution in [-0.4, -0.2) is 23.2 Å². The number of hydrogen-bond donors (Lipinski definition) is 0. The van der Waals surface area contributed by atoms with E-state index in [0.29, 0.717) is 23.4 Å². The number of aromatic nitrogens is 1. The van der Waals surface area contributed by atoms with Crippen LogP contribution in [0.5, 0.6) is 5.88 Å². The number of nitrogens with zero attached hydrogens (tertiary/aromatic N) is 1. The molecule has 4 nitrogen and oxygen atoms in total. The van der Waals surface area contributed by atoms with Crippen molar-refractivity contribution in [3.8, 4) is 17.0 Å². The summed E-state index contributed by atoms with van der Waals surface area (Å²) in [5.74, 6) is -0.550. The molecule has 0 atom stereocenters. The molecular weight excluding hydrogens is 345 g/mol. The minimum Gasteiger partial charge on any atom is -0.471 e. The first-order chi connectivity index (χ1) is 12.7. The van der Waals surface area contributed by atoms with Crippen molar-refractivity contribution >= 4 is 11.5 Å². The van der Waals surface area contributed by atoms with E-state index >= 15 is 0 Å². The van der Waals surface area contributed by atoms with Gasteiger partial charge in [-0.3, -0.25) is 0 Å². The monoisotopic (exact) mass is 369 g/mol. The zero-order valence-electron chi connectivity index (χ0n) is 16.2. The van der Waals surface area contributed by atoms with Gasteiger partial charge in [-0.05, 0) is 63.8 Å². The van der Waals surface area contributed by atoms with Gasteiger partial charge >= 0.3 is 5.97 Å². The van der Waals surface area contributed by atoms with Gasteiger partial charge in [-0.15, -0.1) is 0 Å². The third-order valence-corrected chi connectivity index (χ3v) is 4.67. The molecule has 5 heteroatoms. The van der Waals surface area contributed by atoms with E-state index < -0.39 is 11.6 Å². The first-order valence-electron chi connectivity index (χ1n) is 9.07. The molecule has 0 radical (unpaired) electrons. The van der Waals surface area contributed by atoms with Gasteiger partial charge in [-0.25, -0.2) is 14.2 Å². The maximum Gasteiger partial charge on any atom is 0.357 e. The van der Waals surface area contributed by atoms with Gasteiger partial charge in [0.15, 0.2) is 5.69 Å². The van der Waals surface area contributed by atoms with Crippen LogP contribution in [0.2, 0.25) is 0 Å². The van der Waals surface area contributed by atoms with Crippen molar-refractivity contribution in [1.82, 2.24) is 4.98 Å². The second-order valence-electron chi connectivity index (χ2n) is 7.40. The van der Waals surface area contributed by atoms with Crippen LogP contribution < -0.4 is 4.74 Å². The van der Waals surface area contributed by atoms with Gasteiger partial charge in [-0.1, -0.05) is 24.3 Å². The molecule has 0 saturated heterocycles. The summed E-state index contributed by atoms with van der Waals surface area (Å²) in [5.41, 5.74) is 3.08. The van der Waals surface area contributed by atoms with E-state index in [-0.39, 0.29) is 18.1 Å². The van der Waals surface area contributed by atoms with Crippen molar-refractivity contribution in [3.05, 3.63) is 53.5 Å². The molecule has 1 aliphatic rings. The highest BCUT2D eigenvalue weighted by Gasteiger charge is 2.31. The average molecular weight is 369 g/mol. The number of hydrogen-bond acceptors (Lipinski definition) is 4. The summed E-state index contributed by atoms with van der Waals surface area (Å²) in [6.07, 6.45) is 1.47. The van der Waals surface area contributed by atoms with Crippen molar-refractivity contribution in [2.45, 2.75) is 46.1 Å². The highest BCUT2D eigenvalue weighted by atomic mass is 19.1. The van der Waals surface area contributed by atoms with E-state index in [1.54, 1.807) is 19.1 Å². The molecule has 0 bridgehead atoms. The van der Waals surface area contributed by atoms with Crippen LogP contribution in [0.1, 0.15) is 55.7 Å². The highest BCUT2D eigenvalue weighted by Crippen LogP contribution is 2.39. The number of fused-ring (bicyclic) bond motifs is 1. The van der Waals surface area contributed by atoms with Gasteiger partial charge in [0.1, 0.15) is 11.4 Å². The van der Waals surface area contributed by atoms with E-state index in [2.05, 4.69) is 11.6 Å². The van der Waals surface area contributed by atoms with Crippen LogP contribution in [0.3, 0.4) is 0 Å². The molecule has 0 saturated carbocycles. The topological polar surface area (TPSA) is 48.4 Å². The van der Waals surface area contributed by atoms with Gasteiger partial charge < -0.3 is 9.47 Å². The Hall–Kier alpha value is -2.69. The summed E-state index contributed by atoms with van der Waals surface area (Å²) < 4.78 is 26.0. The lowest BCUT2D eigenvalue weighted by Gasteiger charge is -2.33. The predicted molar refractivity (Wildman–Crippen MR) is 103 cm³/mol. The van der Waals surface area contributed by atoms with Crippen molar-refractivity contribution in [3.63, 3.8) is 0 Å². The smallest absolute Gasteiger partial charge is 0.357 e. The molecular formula is C22H24FNO3. The van der Waals surface area contributed by atoms with Crippen molar-refractivity contribution in [2.24, 2.45) is 0 Å². The van der Waals surface area contributed by atoms with Gasteiger partial charge in [0, 0.05) is 11.1 Å². The number of benzene rings is 1. The van der Waals surface area contributed by atoms with Crippen LogP contribution >= 0.6 is 0 Å². The zero-order valence-corrected chi connectivity index (χ0v) is 16.2. The Kier molecular flexibility index (Phi) is 5.05. The molecule has 1 aromatic heterocycles. The summed E-state index contributed by atoms with van der Waals surface area (Å²) >= 11 is 0. The van der Waals surface area contributed by atoms with Crippen LogP contribution in [0.4, 0.5) is 4.39 Å². The Morgan fingerprint density at radius 3 is 2.70 bits per heavy atom. The second kappa shape index (κ2) is 7.14. The third-order valence-electron chi connectivity index (χ3n) is 4.67. The van der Waals surface area contributed by atoms with Gasteiger partial charge in [0.05, 0.1) is 6.61 Å². The molecule has 27 heavy (non-hydrogen) atoms. The molecule has 2 heterocycles. The summed E-state index contributed by atoms with van der Waals surface area (Å²) in [6, 6.07) is 6.59. The minimum atomic E-state index is -0.549. The molecule has 0 aliphatic carbocycles. The first-order valence-corrected chi connectivity index (χ1v) is 9.07. The van der Waals surface area contributed by atoms with Gasteiger partial charge in [-0.2, -0.15) is 0 Å². The zero-order chi connectivity index (χ0) is 19.8. The largest absolute Gasteiger partial charge is 0.471 e. The number of halogens is 1. The van der Waals surface area contributed by atoms with E-state index in [9.17, 15) is 9.18 Å². The average Bonchev–Trinajstić information content (AvgIpc) is 2.59. The fraction of sp³-hybridized carbons (Fsp3) is 0.364. The lowest BCUT2D eigenvalue weighted by atomic mass is 9.89. The Morgan fingerprint density at radius 2 is 2.07 bits per heavy atom. The number of pyridine rings is 1. The summed E-state index contributed by atoms with van der Waals surface area (Å²) in [4.78, 5) is 16.6. The van der Waals surface area contributed by atoms with Crippen molar-refractivity contribution in [2.75, 3.05) is 6.61 Å². The molecule has 2 aromatic rings. The lowest BCUT2D eigenvalue weighted by molar-refractivity contribution is 0.0507.